The molecule has 1 heteroatoms. The lowest BCUT2D eigenvalue weighted by Gasteiger charge is -2.50. The summed E-state index contributed by atoms with van der Waals surface area (Å²) in [4.78, 5) is 0. The lowest BCUT2D eigenvalue weighted by molar-refractivity contribution is 0.0729. The van der Waals surface area contributed by atoms with Crippen molar-refractivity contribution in [2.75, 3.05) is 7.11 Å². The van der Waals surface area contributed by atoms with Crippen LogP contribution in [0.2, 0.25) is 0 Å². The third-order valence-corrected chi connectivity index (χ3v) is 7.47. The molecule has 0 amide bonds. The molecule has 0 N–H and O–H groups in total. The third-order valence-electron chi connectivity index (χ3n) is 7.47. The summed E-state index contributed by atoms with van der Waals surface area (Å²) in [6.45, 7) is 4.91. The van der Waals surface area contributed by atoms with E-state index in [1.54, 1.807) is 23.8 Å². The van der Waals surface area contributed by atoms with Gasteiger partial charge in [0.1, 0.15) is 5.75 Å². The van der Waals surface area contributed by atoms with Crippen LogP contribution in [0.25, 0.3) is 0 Å². The molecule has 0 spiro atoms. The average molecular weight is 325 g/mol. The Bertz CT molecular complexity index is 643. The molecule has 3 aliphatic carbocycles. The molecular formula is C23H32O. The van der Waals surface area contributed by atoms with Crippen molar-refractivity contribution in [2.45, 2.75) is 71.1 Å². The standard InChI is InChI=1S/C23H32O/c1-4-5-6-17-8-12-22-21-10-7-16-15-18(24-3)9-11-19(16)20(21)13-14-23(17,22)2/h8-9,11,15,20-22H,4-7,10,12-14H2,1-3H3. The fourth-order valence-corrected chi connectivity index (χ4v) is 6.10. The van der Waals surface area contributed by atoms with Gasteiger partial charge in [-0.15, -0.1) is 0 Å². The number of benzene rings is 1. The molecule has 1 aromatic carbocycles. The number of aryl methyl sites for hydroxylation is 1. The molecule has 1 fully saturated rings. The van der Waals surface area contributed by atoms with Gasteiger partial charge >= 0.3 is 0 Å². The Kier molecular flexibility index (Phi) is 4.22. The fraction of sp³-hybridized carbons (Fsp3) is 0.652. The highest BCUT2D eigenvalue weighted by atomic mass is 16.5. The first kappa shape index (κ1) is 16.2. The molecule has 0 radical (unpaired) electrons. The minimum atomic E-state index is 0.500. The second-order valence-corrected chi connectivity index (χ2v) is 8.51. The fourth-order valence-electron chi connectivity index (χ4n) is 6.10. The van der Waals surface area contributed by atoms with Gasteiger partial charge in [-0.1, -0.05) is 38.0 Å². The molecule has 130 valence electrons. The van der Waals surface area contributed by atoms with Crippen LogP contribution < -0.4 is 4.74 Å². The normalized spacial score (nSPS) is 34.1. The van der Waals surface area contributed by atoms with Crippen LogP contribution in [0.4, 0.5) is 0 Å². The second kappa shape index (κ2) is 6.24. The Hall–Kier alpha value is -1.24. The van der Waals surface area contributed by atoms with Crippen LogP contribution >= 0.6 is 0 Å². The van der Waals surface area contributed by atoms with Crippen molar-refractivity contribution in [2.24, 2.45) is 17.3 Å². The van der Waals surface area contributed by atoms with E-state index in [0.29, 0.717) is 5.41 Å². The van der Waals surface area contributed by atoms with Crippen molar-refractivity contribution in [3.05, 3.63) is 41.0 Å². The van der Waals surface area contributed by atoms with E-state index in [2.05, 4.69) is 38.1 Å². The number of methoxy groups -OCH3 is 1. The molecule has 4 rings (SSSR count). The van der Waals surface area contributed by atoms with Crippen LogP contribution in [-0.4, -0.2) is 7.11 Å². The van der Waals surface area contributed by atoms with E-state index in [4.69, 9.17) is 4.74 Å². The molecule has 0 aliphatic heterocycles. The zero-order chi connectivity index (χ0) is 16.7. The van der Waals surface area contributed by atoms with Gasteiger partial charge in [-0.2, -0.15) is 0 Å². The molecule has 4 unspecified atom stereocenters. The molecule has 1 saturated carbocycles. The summed E-state index contributed by atoms with van der Waals surface area (Å²) in [5, 5.41) is 0. The van der Waals surface area contributed by atoms with Crippen molar-refractivity contribution in [1.82, 2.24) is 0 Å². The maximum absolute atomic E-state index is 5.44. The number of fused-ring (bicyclic) bond motifs is 5. The van der Waals surface area contributed by atoms with Gasteiger partial charge in [0.15, 0.2) is 0 Å². The number of ether oxygens (including phenoxy) is 1. The Labute approximate surface area is 147 Å². The smallest absolute Gasteiger partial charge is 0.119 e. The van der Waals surface area contributed by atoms with Crippen molar-refractivity contribution >= 4 is 0 Å². The van der Waals surface area contributed by atoms with Crippen LogP contribution in [0.5, 0.6) is 5.75 Å². The van der Waals surface area contributed by atoms with E-state index in [-0.39, 0.29) is 0 Å². The van der Waals surface area contributed by atoms with Gasteiger partial charge in [0.25, 0.3) is 0 Å². The van der Waals surface area contributed by atoms with Gasteiger partial charge < -0.3 is 4.74 Å². The summed E-state index contributed by atoms with van der Waals surface area (Å²) in [6.07, 6.45) is 13.4. The summed E-state index contributed by atoms with van der Waals surface area (Å²) in [5.74, 6) is 3.59. The Morgan fingerprint density at radius 1 is 1.25 bits per heavy atom. The minimum absolute atomic E-state index is 0.500. The minimum Gasteiger partial charge on any atom is -0.497 e. The van der Waals surface area contributed by atoms with E-state index < -0.39 is 0 Å². The average Bonchev–Trinajstić information content (AvgIpc) is 2.95. The quantitative estimate of drug-likeness (QED) is 0.592. The van der Waals surface area contributed by atoms with Crippen LogP contribution in [-0.2, 0) is 6.42 Å². The lowest BCUT2D eigenvalue weighted by atomic mass is 9.54. The Balaban J connectivity index is 1.59. The van der Waals surface area contributed by atoms with E-state index in [0.717, 1.165) is 23.5 Å². The summed E-state index contributed by atoms with van der Waals surface area (Å²) in [7, 11) is 1.78. The van der Waals surface area contributed by atoms with Crippen molar-refractivity contribution in [3.63, 3.8) is 0 Å². The first-order valence-corrected chi connectivity index (χ1v) is 10.0. The van der Waals surface area contributed by atoms with E-state index in [9.17, 15) is 0 Å². The maximum atomic E-state index is 5.44. The Morgan fingerprint density at radius 3 is 2.92 bits per heavy atom. The monoisotopic (exact) mass is 324 g/mol. The molecule has 4 atom stereocenters. The van der Waals surface area contributed by atoms with Gasteiger partial charge in [0.2, 0.25) is 0 Å². The third kappa shape index (κ3) is 2.43. The molecule has 3 aliphatic rings. The highest BCUT2D eigenvalue weighted by Crippen LogP contribution is 2.61. The number of allylic oxidation sites excluding steroid dienone is 2. The topological polar surface area (TPSA) is 9.23 Å². The number of rotatable bonds is 4. The van der Waals surface area contributed by atoms with Gasteiger partial charge in [-0.3, -0.25) is 0 Å². The SMILES string of the molecule is CCCCC1=CCC2C3CCc4cc(OC)ccc4C3CCC12C. The van der Waals surface area contributed by atoms with E-state index in [1.807, 2.05) is 0 Å². The molecule has 0 heterocycles. The Morgan fingerprint density at radius 2 is 2.12 bits per heavy atom. The predicted octanol–water partition coefficient (Wildman–Crippen LogP) is 6.28. The van der Waals surface area contributed by atoms with Crippen LogP contribution in [0.3, 0.4) is 0 Å². The first-order chi connectivity index (χ1) is 11.7. The summed E-state index contributed by atoms with van der Waals surface area (Å²) in [5.41, 5.74) is 5.49. The van der Waals surface area contributed by atoms with Crippen molar-refractivity contribution in [3.8, 4) is 5.75 Å². The number of hydrogen-bond donors (Lipinski definition) is 0. The summed E-state index contributed by atoms with van der Waals surface area (Å²) in [6, 6.07) is 6.83. The molecule has 0 bridgehead atoms. The molecule has 0 aromatic heterocycles. The summed E-state index contributed by atoms with van der Waals surface area (Å²) < 4.78 is 5.44. The first-order valence-electron chi connectivity index (χ1n) is 10.0. The molecule has 24 heavy (non-hydrogen) atoms. The van der Waals surface area contributed by atoms with Gasteiger partial charge in [0.05, 0.1) is 7.11 Å². The molecule has 1 aromatic rings. The van der Waals surface area contributed by atoms with Crippen molar-refractivity contribution < 1.29 is 4.74 Å². The van der Waals surface area contributed by atoms with E-state index >= 15 is 0 Å². The van der Waals surface area contributed by atoms with E-state index in [1.165, 1.54) is 51.4 Å². The predicted molar refractivity (Wildman–Crippen MR) is 101 cm³/mol. The lowest BCUT2D eigenvalue weighted by Crippen LogP contribution is -2.41. The van der Waals surface area contributed by atoms with Crippen molar-refractivity contribution in [1.29, 1.82) is 0 Å². The van der Waals surface area contributed by atoms with Gasteiger partial charge in [0, 0.05) is 0 Å². The number of hydrogen-bond acceptors (Lipinski definition) is 1. The zero-order valence-corrected chi connectivity index (χ0v) is 15.6. The zero-order valence-electron chi connectivity index (χ0n) is 15.6. The number of unbranched alkanes of at least 4 members (excludes halogenated alkanes) is 1. The molecule has 1 nitrogen and oxygen atoms in total. The highest BCUT2D eigenvalue weighted by Gasteiger charge is 2.51. The second-order valence-electron chi connectivity index (χ2n) is 8.51. The molecule has 0 saturated heterocycles. The maximum Gasteiger partial charge on any atom is 0.119 e. The van der Waals surface area contributed by atoms with Crippen LogP contribution in [0.1, 0.15) is 75.8 Å². The van der Waals surface area contributed by atoms with Gasteiger partial charge in [-0.25, -0.2) is 0 Å². The molecular weight excluding hydrogens is 292 g/mol. The largest absolute Gasteiger partial charge is 0.497 e. The highest BCUT2D eigenvalue weighted by molar-refractivity contribution is 5.41. The summed E-state index contributed by atoms with van der Waals surface area (Å²) >= 11 is 0. The van der Waals surface area contributed by atoms with Gasteiger partial charge in [-0.05, 0) is 91.4 Å². The van der Waals surface area contributed by atoms with Crippen LogP contribution in [0, 0.1) is 17.3 Å². The van der Waals surface area contributed by atoms with Crippen LogP contribution in [0.15, 0.2) is 29.8 Å².